The molecule has 0 bridgehead atoms. The summed E-state index contributed by atoms with van der Waals surface area (Å²) in [4.78, 5) is 4.39. The van der Waals surface area contributed by atoms with Gasteiger partial charge in [-0.15, -0.1) is 0 Å². The largest absolute Gasteiger partial charge is 0.390 e. The van der Waals surface area contributed by atoms with Gasteiger partial charge in [-0.2, -0.15) is 0 Å². The van der Waals surface area contributed by atoms with Crippen LogP contribution in [-0.2, 0) is 0 Å². The second kappa shape index (κ2) is 24.1. The first-order valence-electron chi connectivity index (χ1n) is 13.0. The number of hydrogen-bond acceptors (Lipinski definition) is 4. The van der Waals surface area contributed by atoms with Gasteiger partial charge in [0.15, 0.2) is 0 Å². The number of nitrogens with zero attached hydrogens (tertiary/aromatic N) is 1. The summed E-state index contributed by atoms with van der Waals surface area (Å²) >= 11 is 0. The molecule has 0 amide bonds. The first-order valence-corrected chi connectivity index (χ1v) is 13.0. The van der Waals surface area contributed by atoms with E-state index in [1.165, 1.54) is 0 Å². The molecule has 0 aliphatic heterocycles. The third-order valence-electron chi connectivity index (χ3n) is 5.13. The Labute approximate surface area is 216 Å². The van der Waals surface area contributed by atoms with Crippen LogP contribution in [0.25, 0.3) is 0 Å². The molecule has 0 aliphatic carbocycles. The Morgan fingerprint density at radius 1 is 0.743 bits per heavy atom. The zero-order valence-electron chi connectivity index (χ0n) is 22.8. The first-order chi connectivity index (χ1) is 17.0. The number of unbranched alkanes of at least 4 members (excludes halogenated alkanes) is 1. The lowest BCUT2D eigenvalue weighted by Crippen LogP contribution is -2.28. The quantitative estimate of drug-likeness (QED) is 0.0901. The second-order valence-electron chi connectivity index (χ2n) is 8.31. The molecule has 0 radical (unpaired) electrons. The van der Waals surface area contributed by atoms with Crippen molar-refractivity contribution in [3.8, 4) is 0 Å². The fourth-order valence-electron chi connectivity index (χ4n) is 2.81. The minimum absolute atomic E-state index is 0.786. The summed E-state index contributed by atoms with van der Waals surface area (Å²) in [6.45, 7) is 15.9. The van der Waals surface area contributed by atoms with Gasteiger partial charge in [-0.05, 0) is 65.2 Å². The van der Waals surface area contributed by atoms with Gasteiger partial charge in [0, 0.05) is 43.4 Å². The molecule has 0 fully saturated rings. The van der Waals surface area contributed by atoms with Crippen LogP contribution in [-0.4, -0.2) is 25.8 Å². The molecule has 3 N–H and O–H groups in total. The van der Waals surface area contributed by atoms with Crippen molar-refractivity contribution < 1.29 is 0 Å². The minimum Gasteiger partial charge on any atom is -0.390 e. The first kappa shape index (κ1) is 32.0. The molecule has 0 spiro atoms. The third kappa shape index (κ3) is 22.5. The Hall–Kier alpha value is -3.01. The average Bonchev–Trinajstić information content (AvgIpc) is 2.86. The van der Waals surface area contributed by atoms with Crippen LogP contribution in [0.2, 0.25) is 0 Å². The fraction of sp³-hybridized carbons (Fsp3) is 0.452. The molecule has 4 nitrogen and oxygen atoms in total. The maximum atomic E-state index is 4.39. The van der Waals surface area contributed by atoms with Gasteiger partial charge in [0.2, 0.25) is 0 Å². The van der Waals surface area contributed by atoms with Crippen LogP contribution in [0.4, 0.5) is 0 Å². The van der Waals surface area contributed by atoms with E-state index >= 15 is 0 Å². The summed E-state index contributed by atoms with van der Waals surface area (Å²) in [7, 11) is 1.88. The van der Waals surface area contributed by atoms with Crippen molar-refractivity contribution in [3.63, 3.8) is 0 Å². The SMILES string of the molecule is C=C(CCC/C=C\C/C=C\C/C=C\C/C=C\C/C=C\CC)NCCNC(=C)/C(C)=N/C=C(/C)NC. The lowest BCUT2D eigenvalue weighted by Gasteiger charge is -2.12. The van der Waals surface area contributed by atoms with Gasteiger partial charge in [0.25, 0.3) is 0 Å². The number of hydrogen-bond donors (Lipinski definition) is 3. The Kier molecular flexibility index (Phi) is 22.1. The van der Waals surface area contributed by atoms with Crippen LogP contribution in [0.5, 0.6) is 0 Å². The van der Waals surface area contributed by atoms with Crippen molar-refractivity contribution >= 4 is 5.71 Å². The van der Waals surface area contributed by atoms with E-state index < -0.39 is 0 Å². The normalized spacial score (nSPS) is 13.1. The van der Waals surface area contributed by atoms with Gasteiger partial charge in [0.05, 0.1) is 5.71 Å². The molecule has 0 saturated heterocycles. The van der Waals surface area contributed by atoms with E-state index in [0.29, 0.717) is 0 Å². The molecular weight excluding hydrogens is 428 g/mol. The molecule has 0 saturated carbocycles. The molecule has 0 aliphatic rings. The molecule has 194 valence electrons. The van der Waals surface area contributed by atoms with Crippen LogP contribution in [0.15, 0.2) is 102 Å². The fourth-order valence-corrected chi connectivity index (χ4v) is 2.81. The highest BCUT2D eigenvalue weighted by Crippen LogP contribution is 2.04. The minimum atomic E-state index is 0.786. The van der Waals surface area contributed by atoms with E-state index in [1.54, 1.807) is 6.20 Å². The molecule has 0 rings (SSSR count). The van der Waals surface area contributed by atoms with Crippen LogP contribution < -0.4 is 16.0 Å². The van der Waals surface area contributed by atoms with Crippen LogP contribution >= 0.6 is 0 Å². The Balaban J connectivity index is 3.73. The lowest BCUT2D eigenvalue weighted by molar-refractivity contribution is 0.687. The third-order valence-corrected chi connectivity index (χ3v) is 5.13. The van der Waals surface area contributed by atoms with E-state index in [4.69, 9.17) is 0 Å². The summed E-state index contributed by atoms with van der Waals surface area (Å²) < 4.78 is 0. The predicted molar refractivity (Wildman–Crippen MR) is 159 cm³/mol. The number of nitrogens with one attached hydrogen (secondary N) is 3. The molecule has 0 aromatic rings. The Morgan fingerprint density at radius 3 is 1.80 bits per heavy atom. The monoisotopic (exact) mass is 478 g/mol. The predicted octanol–water partition coefficient (Wildman–Crippen LogP) is 7.66. The molecule has 35 heavy (non-hydrogen) atoms. The van der Waals surface area contributed by atoms with Crippen molar-refractivity contribution in [3.05, 3.63) is 97.2 Å². The summed E-state index contributed by atoms with van der Waals surface area (Å²) in [5.74, 6) is 0. The maximum Gasteiger partial charge on any atom is 0.0598 e. The maximum absolute atomic E-state index is 4.39. The summed E-state index contributed by atoms with van der Waals surface area (Å²) in [6, 6.07) is 0. The summed E-state index contributed by atoms with van der Waals surface area (Å²) in [6.07, 6.45) is 32.5. The van der Waals surface area contributed by atoms with Crippen LogP contribution in [0, 0.1) is 0 Å². The standard InChI is InChI=1S/C31H50N4/c1-7-8-9-10-11-12-13-14-15-16-17-18-19-20-21-22-23-24-28(2)33-25-26-34-30(4)31(5)35-27-29(3)32-6/h8-9,11-12,14-15,17-18,20-21,27,32-34H,2,4,7,10,13,16,19,22-26H2,1,3,5-6H3/b9-8-,12-11-,15-14-,18-17-,21-20-,29-27-,35-31+. The Bertz CT molecular complexity index is 776. The van der Waals surface area contributed by atoms with Crippen LogP contribution in [0.3, 0.4) is 0 Å². The molecule has 4 heteroatoms. The summed E-state index contributed by atoms with van der Waals surface area (Å²) in [5, 5.41) is 9.73. The molecule has 0 aromatic carbocycles. The van der Waals surface area contributed by atoms with Gasteiger partial charge >= 0.3 is 0 Å². The van der Waals surface area contributed by atoms with E-state index in [-0.39, 0.29) is 0 Å². The smallest absolute Gasteiger partial charge is 0.0598 e. The molecular formula is C31H50N4. The average molecular weight is 479 g/mol. The van der Waals surface area contributed by atoms with E-state index in [1.807, 2.05) is 20.9 Å². The van der Waals surface area contributed by atoms with Crippen molar-refractivity contribution in [2.24, 2.45) is 4.99 Å². The Morgan fingerprint density at radius 2 is 1.26 bits per heavy atom. The van der Waals surface area contributed by atoms with Crippen molar-refractivity contribution in [2.45, 2.75) is 72.1 Å². The van der Waals surface area contributed by atoms with Gasteiger partial charge in [-0.1, -0.05) is 80.8 Å². The highest BCUT2D eigenvalue weighted by molar-refractivity contribution is 5.97. The highest BCUT2D eigenvalue weighted by atomic mass is 15.0. The highest BCUT2D eigenvalue weighted by Gasteiger charge is 1.98. The number of rotatable bonds is 21. The lowest BCUT2D eigenvalue weighted by atomic mass is 10.2. The zero-order valence-corrected chi connectivity index (χ0v) is 22.8. The van der Waals surface area contributed by atoms with Crippen molar-refractivity contribution in [2.75, 3.05) is 20.1 Å². The topological polar surface area (TPSA) is 48.5 Å². The molecule has 0 heterocycles. The zero-order chi connectivity index (χ0) is 26.0. The summed E-state index contributed by atoms with van der Waals surface area (Å²) in [5.41, 5.74) is 3.83. The van der Waals surface area contributed by atoms with E-state index in [0.717, 1.165) is 87.3 Å². The number of aliphatic imine (C=N–C) groups is 1. The molecule has 0 atom stereocenters. The van der Waals surface area contributed by atoms with Gasteiger partial charge < -0.3 is 16.0 Å². The van der Waals surface area contributed by atoms with Gasteiger partial charge in [0.1, 0.15) is 0 Å². The molecule has 0 aromatic heterocycles. The van der Waals surface area contributed by atoms with Crippen LogP contribution in [0.1, 0.15) is 72.1 Å². The van der Waals surface area contributed by atoms with Crippen molar-refractivity contribution in [1.29, 1.82) is 0 Å². The van der Waals surface area contributed by atoms with E-state index in [2.05, 4.69) is 102 Å². The van der Waals surface area contributed by atoms with E-state index in [9.17, 15) is 0 Å². The van der Waals surface area contributed by atoms with Crippen molar-refractivity contribution in [1.82, 2.24) is 16.0 Å². The second-order valence-corrected chi connectivity index (χ2v) is 8.31. The number of allylic oxidation sites excluding steroid dienone is 13. The molecule has 0 unspecified atom stereocenters. The van der Waals surface area contributed by atoms with Gasteiger partial charge in [-0.25, -0.2) is 0 Å². The van der Waals surface area contributed by atoms with Gasteiger partial charge in [-0.3, -0.25) is 4.99 Å².